The number of likely N-dealkylation sites (tertiary alicyclic amines) is 1. The molecular weight excluding hydrogens is 695 g/mol. The standard InChI is InChI=1S/C40H65N5O7S/c1-8-26-21-40(26,31(46)33(48)41-22-25-15-16-25)43-32(47)29-28-27(37(28,5)6)23-45(29)34(49)30(38(7)17-11-9-12-18-38)42-35(50)44-39(19-13-10-14-20-39)24-53(51,52)36(2,3)4/h25-30H,8-24H2,1-7H3,(H,41,48)(H,43,47)(H2,42,44,50)/t26-,27?,28?,29+,30+,40?/m1/s1. The van der Waals surface area contributed by atoms with Crippen LogP contribution < -0.4 is 21.3 Å². The molecule has 298 valence electrons. The van der Waals surface area contributed by atoms with E-state index in [9.17, 15) is 32.4 Å². The van der Waals surface area contributed by atoms with Crippen LogP contribution in [0.15, 0.2) is 0 Å². The van der Waals surface area contributed by atoms with E-state index in [0.29, 0.717) is 44.7 Å². The van der Waals surface area contributed by atoms with Gasteiger partial charge in [0, 0.05) is 13.1 Å². The first-order chi connectivity index (χ1) is 24.7. The van der Waals surface area contributed by atoms with Crippen LogP contribution in [0.3, 0.4) is 0 Å². The number of nitrogens with one attached hydrogen (secondary N) is 4. The van der Waals surface area contributed by atoms with Gasteiger partial charge in [0.05, 0.1) is 16.0 Å². The fourth-order valence-corrected chi connectivity index (χ4v) is 11.7. The molecule has 13 heteroatoms. The third-order valence-electron chi connectivity index (χ3n) is 14.4. The summed E-state index contributed by atoms with van der Waals surface area (Å²) in [6, 6.07) is -2.34. The minimum absolute atomic E-state index is 0.0821. The van der Waals surface area contributed by atoms with E-state index >= 15 is 0 Å². The summed E-state index contributed by atoms with van der Waals surface area (Å²) in [6.07, 6.45) is 11.0. The highest BCUT2D eigenvalue weighted by atomic mass is 32.2. The molecule has 1 aliphatic heterocycles. The molecule has 6 rings (SSSR count). The van der Waals surface area contributed by atoms with Crippen molar-refractivity contribution in [2.24, 2.45) is 34.5 Å². The molecule has 1 heterocycles. The summed E-state index contributed by atoms with van der Waals surface area (Å²) >= 11 is 0. The summed E-state index contributed by atoms with van der Waals surface area (Å²) in [7, 11) is -3.56. The average molecular weight is 760 g/mol. The van der Waals surface area contributed by atoms with Gasteiger partial charge in [0.1, 0.15) is 17.6 Å². The average Bonchev–Trinajstić information content (AvgIpc) is 4.04. The van der Waals surface area contributed by atoms with Gasteiger partial charge in [-0.05, 0) is 100 Å². The molecule has 0 bridgehead atoms. The molecule has 0 aromatic carbocycles. The van der Waals surface area contributed by atoms with Crippen molar-refractivity contribution >= 4 is 39.4 Å². The van der Waals surface area contributed by atoms with Crippen LogP contribution in [0.25, 0.3) is 0 Å². The van der Waals surface area contributed by atoms with Gasteiger partial charge in [0.25, 0.3) is 5.91 Å². The largest absolute Gasteiger partial charge is 0.349 e. The first-order valence-corrected chi connectivity index (χ1v) is 22.1. The minimum atomic E-state index is -3.56. The van der Waals surface area contributed by atoms with Gasteiger partial charge in [-0.1, -0.05) is 72.6 Å². The Labute approximate surface area is 316 Å². The van der Waals surface area contributed by atoms with Crippen LogP contribution in [0.4, 0.5) is 4.79 Å². The zero-order valence-corrected chi connectivity index (χ0v) is 34.0. The fourth-order valence-electron chi connectivity index (χ4n) is 10.1. The first kappa shape index (κ1) is 40.0. The Morgan fingerprint density at radius 2 is 1.47 bits per heavy atom. The molecule has 53 heavy (non-hydrogen) atoms. The van der Waals surface area contributed by atoms with Crippen molar-refractivity contribution in [2.45, 2.75) is 166 Å². The highest BCUT2D eigenvalue weighted by Crippen LogP contribution is 2.65. The van der Waals surface area contributed by atoms with E-state index in [1.165, 1.54) is 0 Å². The molecule has 5 amide bonds. The lowest BCUT2D eigenvalue weighted by atomic mass is 9.70. The number of fused-ring (bicyclic) bond motifs is 1. The molecule has 6 aliphatic rings. The number of amides is 5. The summed E-state index contributed by atoms with van der Waals surface area (Å²) in [5.74, 6) is -1.98. The number of nitrogens with zero attached hydrogens (tertiary/aromatic N) is 1. The molecule has 6 atom stereocenters. The summed E-state index contributed by atoms with van der Waals surface area (Å²) < 4.78 is 26.0. The third kappa shape index (κ3) is 7.75. The Kier molecular flexibility index (Phi) is 10.6. The summed E-state index contributed by atoms with van der Waals surface area (Å²) in [6.45, 7) is 14.0. The normalized spacial score (nSPS) is 31.7. The van der Waals surface area contributed by atoms with Crippen molar-refractivity contribution in [3.63, 3.8) is 0 Å². The number of ketones is 1. The number of rotatable bonds is 13. The molecule has 5 aliphatic carbocycles. The van der Waals surface area contributed by atoms with Gasteiger partial charge in [0.2, 0.25) is 17.6 Å². The van der Waals surface area contributed by atoms with Crippen molar-refractivity contribution < 1.29 is 32.4 Å². The van der Waals surface area contributed by atoms with Gasteiger partial charge in [-0.2, -0.15) is 0 Å². The van der Waals surface area contributed by atoms with Crippen molar-refractivity contribution in [1.82, 2.24) is 26.2 Å². The van der Waals surface area contributed by atoms with Crippen molar-refractivity contribution in [1.29, 1.82) is 0 Å². The van der Waals surface area contributed by atoms with Crippen molar-refractivity contribution in [2.75, 3.05) is 18.8 Å². The van der Waals surface area contributed by atoms with E-state index in [-0.39, 0.29) is 34.8 Å². The second-order valence-electron chi connectivity index (χ2n) is 19.6. The maximum atomic E-state index is 15.0. The molecule has 3 unspecified atom stereocenters. The van der Waals surface area contributed by atoms with Crippen LogP contribution in [-0.4, -0.2) is 89.6 Å². The SMILES string of the molecule is CC[C@@H]1CC1(NC(=O)[C@@H]1C2C(CN1C(=O)[C@H](NC(=O)NC1(CS(=O)(=O)C(C)(C)C)CCCCC1)C1(C)CCCCC1)C2(C)C)C(=O)C(=O)NCC1CC1. The molecule has 5 saturated carbocycles. The molecular formula is C40H65N5O7S. The van der Waals surface area contributed by atoms with E-state index in [4.69, 9.17) is 0 Å². The van der Waals surface area contributed by atoms with Crippen LogP contribution in [-0.2, 0) is 29.0 Å². The minimum Gasteiger partial charge on any atom is -0.349 e. The molecule has 1 saturated heterocycles. The zero-order chi connectivity index (χ0) is 38.8. The highest BCUT2D eigenvalue weighted by molar-refractivity contribution is 7.92. The Bertz CT molecular complexity index is 1590. The van der Waals surface area contributed by atoms with Crippen LogP contribution in [0.5, 0.6) is 0 Å². The number of carbonyl (C=O) groups is 5. The maximum Gasteiger partial charge on any atom is 0.315 e. The number of piperidine rings is 1. The third-order valence-corrected chi connectivity index (χ3v) is 17.2. The van der Waals surface area contributed by atoms with Crippen LogP contribution >= 0.6 is 0 Å². The number of hydrogen-bond donors (Lipinski definition) is 4. The maximum absolute atomic E-state index is 15.0. The smallest absolute Gasteiger partial charge is 0.315 e. The summed E-state index contributed by atoms with van der Waals surface area (Å²) in [5.41, 5.74) is -2.98. The van der Waals surface area contributed by atoms with E-state index in [0.717, 1.165) is 64.2 Å². The predicted molar refractivity (Wildman–Crippen MR) is 202 cm³/mol. The monoisotopic (exact) mass is 759 g/mol. The molecule has 12 nitrogen and oxygen atoms in total. The second-order valence-corrected chi connectivity index (χ2v) is 22.3. The molecule has 0 radical (unpaired) electrons. The quantitative estimate of drug-likeness (QED) is 0.202. The van der Waals surface area contributed by atoms with Crippen molar-refractivity contribution in [3.05, 3.63) is 0 Å². The van der Waals surface area contributed by atoms with Crippen molar-refractivity contribution in [3.8, 4) is 0 Å². The fraction of sp³-hybridized carbons (Fsp3) is 0.875. The number of sulfone groups is 1. The Morgan fingerprint density at radius 3 is 2.02 bits per heavy atom. The van der Waals surface area contributed by atoms with Gasteiger partial charge < -0.3 is 26.2 Å². The molecule has 6 fully saturated rings. The number of urea groups is 1. The topological polar surface area (TPSA) is 171 Å². The van der Waals surface area contributed by atoms with Gasteiger partial charge in [-0.3, -0.25) is 19.2 Å². The van der Waals surface area contributed by atoms with Crippen LogP contribution in [0.2, 0.25) is 0 Å². The number of Topliss-reactive ketones (excluding diaryl/α,β-unsaturated/α-hetero) is 1. The van der Waals surface area contributed by atoms with Gasteiger partial charge in [0.15, 0.2) is 9.84 Å². The molecule has 0 spiro atoms. The number of hydrogen-bond acceptors (Lipinski definition) is 7. The highest BCUT2D eigenvalue weighted by Gasteiger charge is 2.71. The lowest BCUT2D eigenvalue weighted by Gasteiger charge is -2.44. The summed E-state index contributed by atoms with van der Waals surface area (Å²) in [4.78, 5) is 71.9. The number of carbonyl (C=O) groups excluding carboxylic acids is 5. The van der Waals surface area contributed by atoms with Gasteiger partial charge in [-0.15, -0.1) is 0 Å². The zero-order valence-electron chi connectivity index (χ0n) is 33.2. The van der Waals surface area contributed by atoms with Gasteiger partial charge >= 0.3 is 6.03 Å². The predicted octanol–water partition coefficient (Wildman–Crippen LogP) is 4.40. The Hall–Kier alpha value is -2.70. The molecule has 4 N–H and O–H groups in total. The molecule has 0 aromatic heterocycles. The first-order valence-electron chi connectivity index (χ1n) is 20.5. The second kappa shape index (κ2) is 14.1. The van der Waals surface area contributed by atoms with E-state index in [2.05, 4.69) is 35.1 Å². The van der Waals surface area contributed by atoms with Crippen LogP contribution in [0.1, 0.15) is 138 Å². The van der Waals surface area contributed by atoms with E-state index < -0.39 is 66.8 Å². The molecule has 0 aromatic rings. The van der Waals surface area contributed by atoms with E-state index in [1.807, 2.05) is 13.8 Å². The lowest BCUT2D eigenvalue weighted by Crippen LogP contribution is -2.65. The lowest BCUT2D eigenvalue weighted by molar-refractivity contribution is -0.146. The summed E-state index contributed by atoms with van der Waals surface area (Å²) in [5, 5.41) is 12.0. The van der Waals surface area contributed by atoms with E-state index in [1.54, 1.807) is 25.7 Å². The van der Waals surface area contributed by atoms with Gasteiger partial charge in [-0.25, -0.2) is 13.2 Å². The van der Waals surface area contributed by atoms with Crippen LogP contribution in [0, 0.1) is 34.5 Å². The Balaban J connectivity index is 1.24. The Morgan fingerprint density at radius 1 is 0.868 bits per heavy atom.